The zero-order valence-corrected chi connectivity index (χ0v) is 8.86. The van der Waals surface area contributed by atoms with Crippen LogP contribution in [0.4, 0.5) is 0 Å². The maximum atomic E-state index is 10.4. The fourth-order valence-electron chi connectivity index (χ4n) is 1.57. The summed E-state index contributed by atoms with van der Waals surface area (Å²) >= 11 is 0. The first-order chi connectivity index (χ1) is 5.49. The Balaban J connectivity index is 0.00000144. The van der Waals surface area contributed by atoms with Crippen molar-refractivity contribution >= 4 is 18.4 Å². The Labute approximate surface area is 84.7 Å². The Kier molecular flexibility index (Phi) is 4.67. The smallest absolute Gasteiger partial charge is 0.317 e. The molecule has 0 spiro atoms. The fraction of sp³-hybridized carbons (Fsp3) is 0.875. The van der Waals surface area contributed by atoms with Crippen LogP contribution in [0.5, 0.6) is 0 Å². The number of carboxylic acid groups (broad SMARTS) is 1. The van der Waals surface area contributed by atoms with Crippen molar-refractivity contribution in [2.24, 2.45) is 0 Å². The van der Waals surface area contributed by atoms with Crippen LogP contribution in [0.1, 0.15) is 13.8 Å². The number of hydrogen-bond acceptors (Lipinski definition) is 3. The van der Waals surface area contributed by atoms with Gasteiger partial charge in [-0.15, -0.1) is 12.4 Å². The second-order valence-corrected chi connectivity index (χ2v) is 3.92. The first kappa shape index (κ1) is 12.7. The van der Waals surface area contributed by atoms with E-state index >= 15 is 0 Å². The fourth-order valence-corrected chi connectivity index (χ4v) is 1.57. The number of nitrogens with zero attached hydrogens (tertiary/aromatic N) is 1. The van der Waals surface area contributed by atoms with Gasteiger partial charge >= 0.3 is 5.97 Å². The molecule has 0 radical (unpaired) electrons. The van der Waals surface area contributed by atoms with Crippen LogP contribution in [0.2, 0.25) is 0 Å². The molecule has 0 aromatic carbocycles. The third-order valence-electron chi connectivity index (χ3n) is 2.01. The maximum absolute atomic E-state index is 10.4. The maximum Gasteiger partial charge on any atom is 0.317 e. The number of hydrogen-bond donors (Lipinski definition) is 2. The number of carbonyl (C=O) groups is 1. The zero-order valence-electron chi connectivity index (χ0n) is 8.04. The van der Waals surface area contributed by atoms with E-state index in [0.29, 0.717) is 0 Å². The molecule has 0 unspecified atom stereocenters. The molecule has 0 aromatic rings. The molecule has 1 aliphatic heterocycles. The minimum atomic E-state index is -0.743. The topological polar surface area (TPSA) is 52.6 Å². The van der Waals surface area contributed by atoms with E-state index in [-0.39, 0.29) is 24.5 Å². The highest BCUT2D eigenvalue weighted by Crippen LogP contribution is 2.09. The molecule has 5 heteroatoms. The monoisotopic (exact) mass is 208 g/mol. The lowest BCUT2D eigenvalue weighted by Gasteiger charge is -2.38. The van der Waals surface area contributed by atoms with Crippen LogP contribution in [-0.2, 0) is 4.79 Å². The standard InChI is InChI=1S/C8H16N2O2.ClH/c1-8(2)6-10(4-3-9-8)5-7(11)12;/h9H,3-6H2,1-2H3,(H,11,12);1H. The van der Waals surface area contributed by atoms with Crippen LogP contribution in [-0.4, -0.2) is 47.7 Å². The number of halogens is 1. The van der Waals surface area contributed by atoms with Crippen molar-refractivity contribution in [1.29, 1.82) is 0 Å². The summed E-state index contributed by atoms with van der Waals surface area (Å²) in [6.07, 6.45) is 0. The molecule has 0 amide bonds. The van der Waals surface area contributed by atoms with E-state index in [1.54, 1.807) is 0 Å². The summed E-state index contributed by atoms with van der Waals surface area (Å²) < 4.78 is 0. The lowest BCUT2D eigenvalue weighted by Crippen LogP contribution is -2.57. The molecule has 0 aliphatic carbocycles. The van der Waals surface area contributed by atoms with Gasteiger partial charge in [0.15, 0.2) is 0 Å². The number of nitrogens with one attached hydrogen (secondary N) is 1. The molecule has 1 aliphatic rings. The molecule has 4 nitrogen and oxygen atoms in total. The van der Waals surface area contributed by atoms with Gasteiger partial charge in [-0.25, -0.2) is 0 Å². The highest BCUT2D eigenvalue weighted by Gasteiger charge is 2.26. The van der Waals surface area contributed by atoms with Crippen LogP contribution in [0.25, 0.3) is 0 Å². The number of rotatable bonds is 2. The number of carboxylic acids is 1. The Bertz CT molecular complexity index is 185. The average molecular weight is 209 g/mol. The molecule has 13 heavy (non-hydrogen) atoms. The third kappa shape index (κ3) is 4.45. The molecule has 0 aromatic heterocycles. The molecular weight excluding hydrogens is 192 g/mol. The van der Waals surface area contributed by atoms with E-state index < -0.39 is 5.97 Å². The van der Waals surface area contributed by atoms with Crippen LogP contribution in [0, 0.1) is 0 Å². The Morgan fingerprint density at radius 2 is 2.23 bits per heavy atom. The lowest BCUT2D eigenvalue weighted by atomic mass is 10.0. The van der Waals surface area contributed by atoms with Crippen molar-refractivity contribution in [3.05, 3.63) is 0 Å². The highest BCUT2D eigenvalue weighted by atomic mass is 35.5. The highest BCUT2D eigenvalue weighted by molar-refractivity contribution is 5.85. The summed E-state index contributed by atoms with van der Waals surface area (Å²) in [5.74, 6) is -0.743. The van der Waals surface area contributed by atoms with Crippen molar-refractivity contribution in [3.8, 4) is 0 Å². The Hall–Kier alpha value is -0.320. The summed E-state index contributed by atoms with van der Waals surface area (Å²) in [5, 5.41) is 11.9. The normalized spacial score (nSPS) is 22.0. The largest absolute Gasteiger partial charge is 0.480 e. The predicted molar refractivity (Wildman–Crippen MR) is 53.4 cm³/mol. The van der Waals surface area contributed by atoms with Gasteiger partial charge in [0.2, 0.25) is 0 Å². The van der Waals surface area contributed by atoms with Crippen LogP contribution in [0.3, 0.4) is 0 Å². The molecule has 0 saturated carbocycles. The number of piperazine rings is 1. The van der Waals surface area contributed by atoms with E-state index in [0.717, 1.165) is 19.6 Å². The summed E-state index contributed by atoms with van der Waals surface area (Å²) in [6, 6.07) is 0. The molecule has 1 fully saturated rings. The third-order valence-corrected chi connectivity index (χ3v) is 2.01. The van der Waals surface area contributed by atoms with Gasteiger partial charge in [-0.2, -0.15) is 0 Å². The van der Waals surface area contributed by atoms with Crippen molar-refractivity contribution in [2.75, 3.05) is 26.2 Å². The molecule has 0 bridgehead atoms. The zero-order chi connectivity index (χ0) is 9.19. The van der Waals surface area contributed by atoms with Gasteiger partial charge in [-0.3, -0.25) is 9.69 Å². The summed E-state index contributed by atoms with van der Waals surface area (Å²) in [5.41, 5.74) is 0.0493. The molecular formula is C8H17ClN2O2. The van der Waals surface area contributed by atoms with E-state index in [1.807, 2.05) is 4.90 Å². The van der Waals surface area contributed by atoms with Crippen molar-refractivity contribution in [2.45, 2.75) is 19.4 Å². The van der Waals surface area contributed by atoms with E-state index in [4.69, 9.17) is 5.11 Å². The van der Waals surface area contributed by atoms with Gasteiger partial charge in [-0.1, -0.05) is 0 Å². The minimum Gasteiger partial charge on any atom is -0.480 e. The summed E-state index contributed by atoms with van der Waals surface area (Å²) in [6.45, 7) is 6.84. The van der Waals surface area contributed by atoms with Crippen LogP contribution in [0.15, 0.2) is 0 Å². The molecule has 1 saturated heterocycles. The van der Waals surface area contributed by atoms with Gasteiger partial charge in [0.05, 0.1) is 6.54 Å². The van der Waals surface area contributed by atoms with Crippen molar-refractivity contribution < 1.29 is 9.90 Å². The SMILES string of the molecule is CC1(C)CN(CC(=O)O)CCN1.Cl. The lowest BCUT2D eigenvalue weighted by molar-refractivity contribution is -0.138. The molecule has 1 rings (SSSR count). The van der Waals surface area contributed by atoms with Crippen molar-refractivity contribution in [3.63, 3.8) is 0 Å². The van der Waals surface area contributed by atoms with Gasteiger partial charge in [-0.05, 0) is 13.8 Å². The van der Waals surface area contributed by atoms with Gasteiger partial charge in [0.25, 0.3) is 0 Å². The quantitative estimate of drug-likeness (QED) is 0.680. The molecule has 0 atom stereocenters. The first-order valence-corrected chi connectivity index (χ1v) is 4.19. The average Bonchev–Trinajstić information content (AvgIpc) is 1.82. The Morgan fingerprint density at radius 1 is 1.62 bits per heavy atom. The van der Waals surface area contributed by atoms with Crippen LogP contribution < -0.4 is 5.32 Å². The van der Waals surface area contributed by atoms with E-state index in [1.165, 1.54) is 0 Å². The van der Waals surface area contributed by atoms with Gasteiger partial charge in [0.1, 0.15) is 0 Å². The second kappa shape index (κ2) is 4.79. The number of aliphatic carboxylic acids is 1. The van der Waals surface area contributed by atoms with Gasteiger partial charge < -0.3 is 10.4 Å². The second-order valence-electron chi connectivity index (χ2n) is 3.92. The van der Waals surface area contributed by atoms with E-state index in [2.05, 4.69) is 19.2 Å². The Morgan fingerprint density at radius 3 is 2.69 bits per heavy atom. The molecule has 2 N–H and O–H groups in total. The summed E-state index contributed by atoms with van der Waals surface area (Å²) in [7, 11) is 0. The molecule has 1 heterocycles. The van der Waals surface area contributed by atoms with E-state index in [9.17, 15) is 4.79 Å². The van der Waals surface area contributed by atoms with Gasteiger partial charge in [0, 0.05) is 25.2 Å². The van der Waals surface area contributed by atoms with Crippen molar-refractivity contribution in [1.82, 2.24) is 10.2 Å². The summed E-state index contributed by atoms with van der Waals surface area (Å²) in [4.78, 5) is 12.4. The predicted octanol–water partition coefficient (Wildman–Crippen LogP) is 0.177. The van der Waals surface area contributed by atoms with Crippen LogP contribution >= 0.6 is 12.4 Å². The first-order valence-electron chi connectivity index (χ1n) is 4.19. The minimum absolute atomic E-state index is 0. The molecule has 78 valence electrons.